The maximum atomic E-state index is 11.7. The molecule has 0 aromatic rings. The van der Waals surface area contributed by atoms with E-state index in [2.05, 4.69) is 24.4 Å². The molecule has 1 heterocycles. The first kappa shape index (κ1) is 23.2. The van der Waals surface area contributed by atoms with E-state index >= 15 is 0 Å². The summed E-state index contributed by atoms with van der Waals surface area (Å²) in [6.07, 6.45) is 21.3. The van der Waals surface area contributed by atoms with Gasteiger partial charge in [-0.1, -0.05) is 70.4 Å². The molecule has 4 nitrogen and oxygen atoms in total. The van der Waals surface area contributed by atoms with Gasteiger partial charge in [0.1, 0.15) is 0 Å². The van der Waals surface area contributed by atoms with Gasteiger partial charge in [0.05, 0.1) is 13.2 Å². The number of carbonyl (C=O) groups is 1. The molecule has 0 aliphatic carbocycles. The standard InChI is InChI=1S/C22H41NO3/c1-2-3-4-5-6-7-8-9-10-11-12-13-14-15-16-17-21(24)26-22-20-23-18-19-25-22/h9-10,22-23H,2-8,11-20H2,1H3/b10-9+. The van der Waals surface area contributed by atoms with Crippen molar-refractivity contribution in [3.63, 3.8) is 0 Å². The number of hydrogen-bond acceptors (Lipinski definition) is 4. The summed E-state index contributed by atoms with van der Waals surface area (Å²) in [6.45, 7) is 4.33. The zero-order valence-corrected chi connectivity index (χ0v) is 17.0. The second-order valence-corrected chi connectivity index (χ2v) is 7.33. The molecule has 0 amide bonds. The molecule has 1 N–H and O–H groups in total. The van der Waals surface area contributed by atoms with Crippen molar-refractivity contribution in [3.8, 4) is 0 Å². The van der Waals surface area contributed by atoms with Gasteiger partial charge in [-0.3, -0.25) is 4.79 Å². The lowest BCUT2D eigenvalue weighted by atomic mass is 10.1. The first-order valence-electron chi connectivity index (χ1n) is 11.0. The maximum absolute atomic E-state index is 11.7. The van der Waals surface area contributed by atoms with E-state index in [-0.39, 0.29) is 12.3 Å². The van der Waals surface area contributed by atoms with Crippen molar-refractivity contribution in [1.29, 1.82) is 0 Å². The molecule has 0 spiro atoms. The van der Waals surface area contributed by atoms with Gasteiger partial charge in [-0.2, -0.15) is 0 Å². The van der Waals surface area contributed by atoms with Gasteiger partial charge < -0.3 is 14.8 Å². The molecule has 0 bridgehead atoms. The van der Waals surface area contributed by atoms with Gasteiger partial charge in [0.25, 0.3) is 0 Å². The predicted molar refractivity (Wildman–Crippen MR) is 108 cm³/mol. The van der Waals surface area contributed by atoms with Crippen molar-refractivity contribution in [2.24, 2.45) is 0 Å². The molecule has 0 saturated carbocycles. The summed E-state index contributed by atoms with van der Waals surface area (Å²) < 4.78 is 10.6. The second kappa shape index (κ2) is 17.5. The van der Waals surface area contributed by atoms with Crippen LogP contribution in [-0.4, -0.2) is 32.0 Å². The molecular formula is C22H41NO3. The van der Waals surface area contributed by atoms with Crippen molar-refractivity contribution in [3.05, 3.63) is 12.2 Å². The third-order valence-electron chi connectivity index (χ3n) is 4.80. The molecule has 1 rings (SSSR count). The van der Waals surface area contributed by atoms with Crippen LogP contribution >= 0.6 is 0 Å². The Balaban J connectivity index is 1.78. The van der Waals surface area contributed by atoms with Crippen LogP contribution in [0.25, 0.3) is 0 Å². The van der Waals surface area contributed by atoms with Gasteiger partial charge >= 0.3 is 5.97 Å². The number of ether oxygens (including phenoxy) is 2. The fourth-order valence-electron chi connectivity index (χ4n) is 3.16. The van der Waals surface area contributed by atoms with Gasteiger partial charge in [-0.05, 0) is 32.1 Å². The Morgan fingerprint density at radius 1 is 0.962 bits per heavy atom. The topological polar surface area (TPSA) is 47.6 Å². The lowest BCUT2D eigenvalue weighted by molar-refractivity contribution is -0.182. The highest BCUT2D eigenvalue weighted by atomic mass is 16.7. The minimum Gasteiger partial charge on any atom is -0.434 e. The number of carbonyl (C=O) groups excluding carboxylic acids is 1. The summed E-state index contributed by atoms with van der Waals surface area (Å²) in [6, 6.07) is 0. The monoisotopic (exact) mass is 367 g/mol. The lowest BCUT2D eigenvalue weighted by Gasteiger charge is -2.23. The van der Waals surface area contributed by atoms with Crippen LogP contribution in [0, 0.1) is 0 Å². The van der Waals surface area contributed by atoms with E-state index < -0.39 is 0 Å². The third-order valence-corrected chi connectivity index (χ3v) is 4.80. The first-order chi connectivity index (χ1) is 12.8. The van der Waals surface area contributed by atoms with Crippen LogP contribution in [0.5, 0.6) is 0 Å². The number of morpholine rings is 1. The molecule has 1 unspecified atom stereocenters. The maximum Gasteiger partial charge on any atom is 0.308 e. The highest BCUT2D eigenvalue weighted by Crippen LogP contribution is 2.11. The van der Waals surface area contributed by atoms with E-state index in [9.17, 15) is 4.79 Å². The van der Waals surface area contributed by atoms with Crippen molar-refractivity contribution in [1.82, 2.24) is 5.32 Å². The van der Waals surface area contributed by atoms with Crippen LogP contribution in [0.3, 0.4) is 0 Å². The molecule has 0 radical (unpaired) electrons. The van der Waals surface area contributed by atoms with Crippen molar-refractivity contribution < 1.29 is 14.3 Å². The third kappa shape index (κ3) is 14.3. The van der Waals surface area contributed by atoms with Crippen LogP contribution < -0.4 is 5.32 Å². The highest BCUT2D eigenvalue weighted by molar-refractivity contribution is 5.69. The summed E-state index contributed by atoms with van der Waals surface area (Å²) in [5.74, 6) is -0.128. The smallest absolute Gasteiger partial charge is 0.308 e. The molecule has 1 saturated heterocycles. The average Bonchev–Trinajstić information content (AvgIpc) is 2.65. The average molecular weight is 368 g/mol. The van der Waals surface area contributed by atoms with Crippen LogP contribution in [0.1, 0.15) is 96.8 Å². The van der Waals surface area contributed by atoms with Crippen molar-refractivity contribution >= 4 is 5.97 Å². The van der Waals surface area contributed by atoms with Crippen LogP contribution in [0.2, 0.25) is 0 Å². The minimum atomic E-state index is -0.389. The highest BCUT2D eigenvalue weighted by Gasteiger charge is 2.17. The van der Waals surface area contributed by atoms with Crippen LogP contribution in [0.4, 0.5) is 0 Å². The normalized spacial score (nSPS) is 17.7. The number of esters is 1. The molecule has 1 fully saturated rings. The minimum absolute atomic E-state index is 0.128. The van der Waals surface area contributed by atoms with Gasteiger partial charge in [-0.25, -0.2) is 0 Å². The molecule has 1 aliphatic heterocycles. The molecule has 4 heteroatoms. The predicted octanol–water partition coefficient (Wildman–Crippen LogP) is 5.51. The molecular weight excluding hydrogens is 326 g/mol. The quantitative estimate of drug-likeness (QED) is 0.222. The van der Waals surface area contributed by atoms with Gasteiger partial charge in [0, 0.05) is 13.0 Å². The Morgan fingerprint density at radius 2 is 1.58 bits per heavy atom. The molecule has 1 aliphatic rings. The molecule has 26 heavy (non-hydrogen) atoms. The fraction of sp³-hybridized carbons (Fsp3) is 0.864. The van der Waals surface area contributed by atoms with Gasteiger partial charge in [0.2, 0.25) is 6.29 Å². The van der Waals surface area contributed by atoms with Crippen LogP contribution in [0.15, 0.2) is 12.2 Å². The lowest BCUT2D eigenvalue weighted by Crippen LogP contribution is -2.41. The second-order valence-electron chi connectivity index (χ2n) is 7.33. The Morgan fingerprint density at radius 3 is 2.19 bits per heavy atom. The van der Waals surface area contributed by atoms with Crippen molar-refractivity contribution in [2.45, 2.75) is 103 Å². The number of hydrogen-bond donors (Lipinski definition) is 1. The Kier molecular flexibility index (Phi) is 15.6. The largest absolute Gasteiger partial charge is 0.434 e. The van der Waals surface area contributed by atoms with Crippen LogP contribution in [-0.2, 0) is 14.3 Å². The van der Waals surface area contributed by atoms with E-state index in [1.54, 1.807) is 0 Å². The van der Waals surface area contributed by atoms with E-state index in [1.807, 2.05) is 0 Å². The fourth-order valence-corrected chi connectivity index (χ4v) is 3.16. The van der Waals surface area contributed by atoms with E-state index in [0.29, 0.717) is 19.6 Å². The molecule has 1 atom stereocenters. The first-order valence-corrected chi connectivity index (χ1v) is 11.0. The summed E-state index contributed by atoms with van der Waals surface area (Å²) in [5, 5.41) is 3.15. The zero-order chi connectivity index (χ0) is 18.7. The van der Waals surface area contributed by atoms with Gasteiger partial charge in [-0.15, -0.1) is 0 Å². The molecule has 152 valence electrons. The number of nitrogens with one attached hydrogen (secondary N) is 1. The zero-order valence-electron chi connectivity index (χ0n) is 17.0. The number of unbranched alkanes of at least 4 members (excludes halogenated alkanes) is 11. The number of allylic oxidation sites excluding steroid dienone is 2. The van der Waals surface area contributed by atoms with E-state index in [0.717, 1.165) is 19.4 Å². The Bertz CT molecular complexity index is 351. The summed E-state index contributed by atoms with van der Waals surface area (Å²) >= 11 is 0. The Labute approximate surface area is 161 Å². The Hall–Kier alpha value is -0.870. The summed E-state index contributed by atoms with van der Waals surface area (Å²) in [7, 11) is 0. The molecule has 0 aromatic heterocycles. The summed E-state index contributed by atoms with van der Waals surface area (Å²) in [5.41, 5.74) is 0. The number of rotatable bonds is 16. The molecule has 0 aromatic carbocycles. The van der Waals surface area contributed by atoms with E-state index in [1.165, 1.54) is 70.6 Å². The van der Waals surface area contributed by atoms with Gasteiger partial charge in [0.15, 0.2) is 0 Å². The van der Waals surface area contributed by atoms with Crippen molar-refractivity contribution in [2.75, 3.05) is 19.7 Å². The SMILES string of the molecule is CCCCCCCC/C=C/CCCCCCCC(=O)OC1CNCCO1. The summed E-state index contributed by atoms with van der Waals surface area (Å²) in [4.78, 5) is 11.7. The van der Waals surface area contributed by atoms with E-state index in [4.69, 9.17) is 9.47 Å².